The molecular formula is C42H24OS. The molecule has 0 saturated carbocycles. The summed E-state index contributed by atoms with van der Waals surface area (Å²) in [6, 6.07) is 52.9. The van der Waals surface area contributed by atoms with Crippen LogP contribution in [0.2, 0.25) is 0 Å². The molecule has 1 nitrogen and oxygen atoms in total. The quantitative estimate of drug-likeness (QED) is 0.199. The molecule has 10 aromatic rings. The van der Waals surface area contributed by atoms with Gasteiger partial charge in [0.25, 0.3) is 0 Å². The van der Waals surface area contributed by atoms with Crippen molar-refractivity contribution in [3.05, 3.63) is 146 Å². The lowest BCUT2D eigenvalue weighted by atomic mass is 9.92. The van der Waals surface area contributed by atoms with E-state index in [2.05, 4.69) is 146 Å². The van der Waals surface area contributed by atoms with Crippen LogP contribution in [0.25, 0.3) is 96.7 Å². The first-order valence-electron chi connectivity index (χ1n) is 15.0. The third-order valence-electron chi connectivity index (χ3n) is 9.27. The van der Waals surface area contributed by atoms with Gasteiger partial charge in [0.1, 0.15) is 5.58 Å². The van der Waals surface area contributed by atoms with Crippen molar-refractivity contribution < 1.29 is 4.42 Å². The lowest BCUT2D eigenvalue weighted by molar-refractivity contribution is 0.673. The van der Waals surface area contributed by atoms with Gasteiger partial charge >= 0.3 is 0 Å². The Balaban J connectivity index is 1.24. The molecule has 0 aliphatic heterocycles. The maximum Gasteiger partial charge on any atom is 0.153 e. The Kier molecular flexibility index (Phi) is 4.94. The van der Waals surface area contributed by atoms with Crippen molar-refractivity contribution in [3.63, 3.8) is 0 Å². The van der Waals surface area contributed by atoms with Gasteiger partial charge in [0.2, 0.25) is 0 Å². The van der Waals surface area contributed by atoms with Gasteiger partial charge in [-0.1, -0.05) is 121 Å². The summed E-state index contributed by atoms with van der Waals surface area (Å²) in [5.74, 6) is 0. The maximum absolute atomic E-state index is 6.76. The summed E-state index contributed by atoms with van der Waals surface area (Å²) in [6.45, 7) is 0. The molecule has 0 aliphatic carbocycles. The molecule has 0 spiro atoms. The van der Waals surface area contributed by atoms with Crippen LogP contribution >= 0.6 is 11.3 Å². The summed E-state index contributed by atoms with van der Waals surface area (Å²) in [4.78, 5) is 0. The molecule has 44 heavy (non-hydrogen) atoms. The van der Waals surface area contributed by atoms with Gasteiger partial charge in [-0.25, -0.2) is 0 Å². The molecule has 8 aromatic carbocycles. The highest BCUT2D eigenvalue weighted by Crippen LogP contribution is 2.47. The Hall–Kier alpha value is -5.44. The molecule has 0 aliphatic rings. The standard InChI is InChI=1S/C42H24OS/c1-3-13-28-25(9-1)11-7-17-30(28)27-19-20-33-35-21-22-36-40-34-16-6-5-15-32(34)37(31-18-8-12-26-10-2-4-14-29(26)31)24-39(40)44-42(36)41(35)43-38(33)23-27/h1-24H. The minimum atomic E-state index is 0.927. The van der Waals surface area contributed by atoms with Crippen LogP contribution in [-0.2, 0) is 0 Å². The highest BCUT2D eigenvalue weighted by atomic mass is 32.1. The smallest absolute Gasteiger partial charge is 0.153 e. The summed E-state index contributed by atoms with van der Waals surface area (Å²) >= 11 is 1.84. The van der Waals surface area contributed by atoms with E-state index in [4.69, 9.17) is 4.42 Å². The van der Waals surface area contributed by atoms with Gasteiger partial charge in [-0.3, -0.25) is 0 Å². The van der Waals surface area contributed by atoms with Crippen molar-refractivity contribution in [2.24, 2.45) is 0 Å². The second-order valence-electron chi connectivity index (χ2n) is 11.6. The second kappa shape index (κ2) is 9.03. The van der Waals surface area contributed by atoms with Gasteiger partial charge in [-0.05, 0) is 78.8 Å². The zero-order chi connectivity index (χ0) is 28.8. The van der Waals surface area contributed by atoms with E-state index in [-0.39, 0.29) is 0 Å². The Labute approximate surface area is 257 Å². The lowest BCUT2D eigenvalue weighted by Gasteiger charge is -2.12. The molecular weight excluding hydrogens is 553 g/mol. The molecule has 2 heterocycles. The van der Waals surface area contributed by atoms with Crippen molar-refractivity contribution >= 4 is 85.8 Å². The van der Waals surface area contributed by atoms with Crippen LogP contribution < -0.4 is 0 Å². The van der Waals surface area contributed by atoms with Crippen LogP contribution in [0.4, 0.5) is 0 Å². The van der Waals surface area contributed by atoms with Crippen molar-refractivity contribution in [2.75, 3.05) is 0 Å². The molecule has 0 atom stereocenters. The number of rotatable bonds is 2. The van der Waals surface area contributed by atoms with Crippen molar-refractivity contribution in [1.29, 1.82) is 0 Å². The zero-order valence-electron chi connectivity index (χ0n) is 23.7. The summed E-state index contributed by atoms with van der Waals surface area (Å²) in [6.07, 6.45) is 0. The number of hydrogen-bond donors (Lipinski definition) is 0. The zero-order valence-corrected chi connectivity index (χ0v) is 24.5. The highest BCUT2D eigenvalue weighted by molar-refractivity contribution is 7.26. The maximum atomic E-state index is 6.76. The van der Waals surface area contributed by atoms with Gasteiger partial charge < -0.3 is 4.42 Å². The average molecular weight is 577 g/mol. The van der Waals surface area contributed by atoms with E-state index in [1.165, 1.54) is 80.1 Å². The number of benzene rings is 8. The predicted molar refractivity (Wildman–Crippen MR) is 190 cm³/mol. The number of furan rings is 1. The van der Waals surface area contributed by atoms with E-state index in [9.17, 15) is 0 Å². The van der Waals surface area contributed by atoms with Crippen LogP contribution in [0.3, 0.4) is 0 Å². The van der Waals surface area contributed by atoms with E-state index in [1.807, 2.05) is 11.3 Å². The monoisotopic (exact) mass is 576 g/mol. The Bertz CT molecular complexity index is 2770. The van der Waals surface area contributed by atoms with Crippen molar-refractivity contribution in [1.82, 2.24) is 0 Å². The fourth-order valence-corrected chi connectivity index (χ4v) is 8.50. The summed E-state index contributed by atoms with van der Waals surface area (Å²) in [5, 5.41) is 12.5. The summed E-state index contributed by atoms with van der Waals surface area (Å²) < 4.78 is 9.26. The number of hydrogen-bond acceptors (Lipinski definition) is 2. The minimum absolute atomic E-state index is 0.927. The summed E-state index contributed by atoms with van der Waals surface area (Å²) in [5.41, 5.74) is 6.85. The predicted octanol–water partition coefficient (Wildman–Crippen LogP) is 12.7. The van der Waals surface area contributed by atoms with Crippen LogP contribution in [0.15, 0.2) is 150 Å². The first-order valence-corrected chi connectivity index (χ1v) is 15.8. The molecule has 204 valence electrons. The normalized spacial score (nSPS) is 12.1. The minimum Gasteiger partial charge on any atom is -0.455 e. The van der Waals surface area contributed by atoms with Crippen molar-refractivity contribution in [3.8, 4) is 22.3 Å². The van der Waals surface area contributed by atoms with E-state index in [0.717, 1.165) is 16.6 Å². The highest BCUT2D eigenvalue weighted by Gasteiger charge is 2.19. The molecule has 0 bridgehead atoms. The lowest BCUT2D eigenvalue weighted by Crippen LogP contribution is -1.85. The molecule has 2 aromatic heterocycles. The Morgan fingerprint density at radius 1 is 0.409 bits per heavy atom. The largest absolute Gasteiger partial charge is 0.455 e. The van der Waals surface area contributed by atoms with Gasteiger partial charge in [0, 0.05) is 26.2 Å². The first-order chi connectivity index (χ1) is 21.8. The topological polar surface area (TPSA) is 13.1 Å². The van der Waals surface area contributed by atoms with E-state index >= 15 is 0 Å². The third kappa shape index (κ3) is 3.35. The van der Waals surface area contributed by atoms with E-state index in [1.54, 1.807) is 0 Å². The second-order valence-corrected chi connectivity index (χ2v) is 12.7. The fraction of sp³-hybridized carbons (Fsp3) is 0. The average Bonchev–Trinajstić information content (AvgIpc) is 3.65. The molecule has 0 radical (unpaired) electrons. The Morgan fingerprint density at radius 3 is 1.82 bits per heavy atom. The van der Waals surface area contributed by atoms with Crippen LogP contribution in [-0.4, -0.2) is 0 Å². The van der Waals surface area contributed by atoms with Crippen LogP contribution in [0.1, 0.15) is 0 Å². The molecule has 0 saturated heterocycles. The molecule has 10 rings (SSSR count). The molecule has 0 unspecified atom stereocenters. The Morgan fingerprint density at radius 2 is 1.02 bits per heavy atom. The fourth-order valence-electron chi connectivity index (χ4n) is 7.26. The van der Waals surface area contributed by atoms with Crippen molar-refractivity contribution in [2.45, 2.75) is 0 Å². The number of thiophene rings is 1. The van der Waals surface area contributed by atoms with Gasteiger partial charge in [-0.2, -0.15) is 0 Å². The molecule has 0 N–H and O–H groups in total. The number of fused-ring (bicyclic) bond motifs is 11. The van der Waals surface area contributed by atoms with Crippen LogP contribution in [0.5, 0.6) is 0 Å². The molecule has 0 fully saturated rings. The van der Waals surface area contributed by atoms with E-state index < -0.39 is 0 Å². The third-order valence-corrected chi connectivity index (χ3v) is 10.4. The van der Waals surface area contributed by atoms with Gasteiger partial charge in [0.05, 0.1) is 4.70 Å². The SMILES string of the molecule is c1ccc2c(-c3ccc4c(c3)oc3c4ccc4c3sc3cc(-c5cccc6ccccc56)c5ccccc5c34)cccc2c1. The van der Waals surface area contributed by atoms with Crippen LogP contribution in [0, 0.1) is 0 Å². The molecule has 2 heteroatoms. The first kappa shape index (κ1) is 24.0. The summed E-state index contributed by atoms with van der Waals surface area (Å²) in [7, 11) is 0. The molecule has 0 amide bonds. The van der Waals surface area contributed by atoms with E-state index in [0.29, 0.717) is 0 Å². The van der Waals surface area contributed by atoms with Gasteiger partial charge in [-0.15, -0.1) is 11.3 Å². The van der Waals surface area contributed by atoms with Gasteiger partial charge in [0.15, 0.2) is 5.58 Å².